The van der Waals surface area contributed by atoms with Gasteiger partial charge >= 0.3 is 0 Å². The van der Waals surface area contributed by atoms with Crippen LogP contribution in [-0.2, 0) is 4.74 Å². The third-order valence-electron chi connectivity index (χ3n) is 4.91. The second-order valence-electron chi connectivity index (χ2n) is 9.01. The quantitative estimate of drug-likeness (QED) is 0.475. The number of azo groups is 1. The van der Waals surface area contributed by atoms with Crippen LogP contribution in [0.15, 0.2) is 28.4 Å². The monoisotopic (exact) mass is 453 g/mol. The number of benzene rings is 1. The van der Waals surface area contributed by atoms with Crippen molar-refractivity contribution in [3.8, 4) is 12.1 Å². The van der Waals surface area contributed by atoms with Crippen LogP contribution in [0.3, 0.4) is 0 Å². The lowest BCUT2D eigenvalue weighted by molar-refractivity contribution is -0.0870. The molecule has 32 heavy (non-hydrogen) atoms. The summed E-state index contributed by atoms with van der Waals surface area (Å²) in [7, 11) is 0. The first-order valence-electron chi connectivity index (χ1n) is 10.5. The molecule has 0 bridgehead atoms. The molecular weight excluding hydrogens is 422 g/mol. The van der Waals surface area contributed by atoms with Gasteiger partial charge in [-0.1, -0.05) is 0 Å². The smallest absolute Gasteiger partial charge is 0.158 e. The van der Waals surface area contributed by atoms with Gasteiger partial charge in [0.15, 0.2) is 5.00 Å². The van der Waals surface area contributed by atoms with Gasteiger partial charge in [-0.3, -0.25) is 0 Å². The van der Waals surface area contributed by atoms with Crippen molar-refractivity contribution in [2.75, 3.05) is 24.6 Å². The lowest BCUT2D eigenvalue weighted by Gasteiger charge is -2.35. The van der Waals surface area contributed by atoms with Crippen molar-refractivity contribution in [3.05, 3.63) is 39.8 Å². The zero-order valence-electron chi connectivity index (χ0n) is 19.9. The fourth-order valence-electron chi connectivity index (χ4n) is 3.12. The maximum Gasteiger partial charge on any atom is 0.158 e. The highest BCUT2D eigenvalue weighted by atomic mass is 32.1. The number of nitriles is 2. The molecule has 0 aliphatic rings. The standard InChI is InChI=1S/C24H31N5O2S/c1-8-29(14-24(6,7)31-15-23(4,5)30)18-9-10-20(16(2)11-18)27-28-22-19(12-25)17(3)21(13-26)32-22/h9-11,30H,8,14-15H2,1-7H3/b28-27+. The van der Waals surface area contributed by atoms with E-state index in [1.54, 1.807) is 20.8 Å². The minimum atomic E-state index is -0.877. The van der Waals surface area contributed by atoms with Crippen LogP contribution < -0.4 is 4.90 Å². The maximum absolute atomic E-state index is 9.96. The number of nitrogens with zero attached hydrogens (tertiary/aromatic N) is 5. The number of likely N-dealkylation sites (N-methyl/N-ethyl adjacent to an activating group) is 1. The Labute approximate surface area is 194 Å². The SMILES string of the molecule is CCN(CC(C)(C)OCC(C)(C)O)c1ccc(/N=N/c2sc(C#N)c(C)c2C#N)c(C)c1. The summed E-state index contributed by atoms with van der Waals surface area (Å²) in [6.07, 6.45) is 0. The van der Waals surface area contributed by atoms with Gasteiger partial charge < -0.3 is 14.7 Å². The third-order valence-corrected chi connectivity index (χ3v) is 5.99. The number of rotatable bonds is 9. The Morgan fingerprint density at radius 1 is 1.12 bits per heavy atom. The molecule has 0 amide bonds. The molecule has 0 saturated heterocycles. The molecule has 0 aliphatic carbocycles. The molecule has 0 unspecified atom stereocenters. The van der Waals surface area contributed by atoms with Gasteiger partial charge in [0.25, 0.3) is 0 Å². The largest absolute Gasteiger partial charge is 0.388 e. The zero-order chi connectivity index (χ0) is 24.1. The van der Waals surface area contributed by atoms with Crippen LogP contribution in [-0.4, -0.2) is 36.0 Å². The Balaban J connectivity index is 2.21. The van der Waals surface area contributed by atoms with Gasteiger partial charge in [0.1, 0.15) is 17.0 Å². The average Bonchev–Trinajstić information content (AvgIpc) is 3.03. The second kappa shape index (κ2) is 10.2. The summed E-state index contributed by atoms with van der Waals surface area (Å²) in [6.45, 7) is 15.0. The number of anilines is 1. The lowest BCUT2D eigenvalue weighted by Crippen LogP contribution is -2.43. The number of aliphatic hydroxyl groups is 1. The topological polar surface area (TPSA) is 105 Å². The molecule has 2 rings (SSSR count). The average molecular weight is 454 g/mol. The van der Waals surface area contributed by atoms with Crippen molar-refractivity contribution in [1.29, 1.82) is 10.5 Å². The fraction of sp³-hybridized carbons (Fsp3) is 0.500. The Morgan fingerprint density at radius 2 is 1.81 bits per heavy atom. The van der Waals surface area contributed by atoms with E-state index in [1.807, 2.05) is 32.9 Å². The summed E-state index contributed by atoms with van der Waals surface area (Å²) in [5.74, 6) is 0. The van der Waals surface area contributed by atoms with Gasteiger partial charge in [0, 0.05) is 18.8 Å². The highest BCUT2D eigenvalue weighted by Gasteiger charge is 2.26. The Morgan fingerprint density at radius 3 is 2.34 bits per heavy atom. The van der Waals surface area contributed by atoms with Gasteiger partial charge in [-0.15, -0.1) is 21.6 Å². The van der Waals surface area contributed by atoms with Crippen molar-refractivity contribution in [2.45, 2.75) is 59.7 Å². The van der Waals surface area contributed by atoms with Gasteiger partial charge in [-0.2, -0.15) is 10.5 Å². The summed E-state index contributed by atoms with van der Waals surface area (Å²) in [6, 6.07) is 10.2. The molecule has 1 N–H and O–H groups in total. The van der Waals surface area contributed by atoms with E-state index in [2.05, 4.69) is 40.3 Å². The summed E-state index contributed by atoms with van der Waals surface area (Å²) in [5, 5.41) is 37.6. The summed E-state index contributed by atoms with van der Waals surface area (Å²) >= 11 is 1.18. The zero-order valence-corrected chi connectivity index (χ0v) is 20.7. The maximum atomic E-state index is 9.96. The van der Waals surface area contributed by atoms with Crippen molar-refractivity contribution in [2.24, 2.45) is 10.2 Å². The molecule has 2 aromatic rings. The predicted octanol–water partition coefficient (Wildman–Crippen LogP) is 5.92. The highest BCUT2D eigenvalue weighted by molar-refractivity contribution is 7.16. The third kappa shape index (κ3) is 6.61. The lowest BCUT2D eigenvalue weighted by atomic mass is 10.1. The van der Waals surface area contributed by atoms with E-state index in [-0.39, 0.29) is 6.61 Å². The van der Waals surface area contributed by atoms with Gasteiger partial charge in [-0.25, -0.2) is 0 Å². The van der Waals surface area contributed by atoms with E-state index in [1.165, 1.54) is 11.3 Å². The normalized spacial score (nSPS) is 12.1. The molecule has 1 aromatic carbocycles. The van der Waals surface area contributed by atoms with E-state index < -0.39 is 11.2 Å². The molecule has 1 aromatic heterocycles. The Bertz CT molecular complexity index is 1070. The molecule has 7 nitrogen and oxygen atoms in total. The van der Waals surface area contributed by atoms with Crippen LogP contribution in [0.5, 0.6) is 0 Å². The first-order valence-corrected chi connectivity index (χ1v) is 11.3. The van der Waals surface area contributed by atoms with Crippen LogP contribution in [0.4, 0.5) is 16.4 Å². The number of hydrogen-bond donors (Lipinski definition) is 1. The molecule has 0 atom stereocenters. The van der Waals surface area contributed by atoms with E-state index >= 15 is 0 Å². The van der Waals surface area contributed by atoms with Crippen LogP contribution >= 0.6 is 11.3 Å². The molecule has 1 heterocycles. The van der Waals surface area contributed by atoms with Crippen LogP contribution in [0.2, 0.25) is 0 Å². The minimum absolute atomic E-state index is 0.260. The van der Waals surface area contributed by atoms with Crippen molar-refractivity contribution >= 4 is 27.7 Å². The van der Waals surface area contributed by atoms with E-state index in [0.717, 1.165) is 17.8 Å². The highest BCUT2D eigenvalue weighted by Crippen LogP contribution is 2.36. The molecule has 0 fully saturated rings. The molecule has 0 radical (unpaired) electrons. The van der Waals surface area contributed by atoms with Crippen LogP contribution in [0.1, 0.15) is 56.2 Å². The van der Waals surface area contributed by atoms with Gasteiger partial charge in [-0.05, 0) is 77.8 Å². The first-order chi connectivity index (χ1) is 14.9. The first kappa shape index (κ1) is 25.5. The number of hydrogen-bond acceptors (Lipinski definition) is 8. The second-order valence-corrected chi connectivity index (χ2v) is 10.0. The van der Waals surface area contributed by atoms with Crippen LogP contribution in [0, 0.1) is 36.5 Å². The predicted molar refractivity (Wildman–Crippen MR) is 128 cm³/mol. The number of aryl methyl sites for hydroxylation is 1. The molecule has 0 aliphatic heterocycles. The van der Waals surface area contributed by atoms with Crippen molar-refractivity contribution in [3.63, 3.8) is 0 Å². The number of thiophene rings is 1. The van der Waals surface area contributed by atoms with E-state index in [4.69, 9.17) is 4.74 Å². The summed E-state index contributed by atoms with van der Waals surface area (Å²) < 4.78 is 5.96. The minimum Gasteiger partial charge on any atom is -0.388 e. The fourth-order valence-corrected chi connectivity index (χ4v) is 3.99. The van der Waals surface area contributed by atoms with Crippen molar-refractivity contribution in [1.82, 2.24) is 0 Å². The number of ether oxygens (including phenoxy) is 1. The van der Waals surface area contributed by atoms with Gasteiger partial charge in [0.2, 0.25) is 0 Å². The Kier molecular flexibility index (Phi) is 8.14. The van der Waals surface area contributed by atoms with Crippen molar-refractivity contribution < 1.29 is 9.84 Å². The molecule has 170 valence electrons. The van der Waals surface area contributed by atoms with Crippen LogP contribution in [0.25, 0.3) is 0 Å². The molecular formula is C24H31N5O2S. The molecule has 0 saturated carbocycles. The Hall–Kier alpha value is -2.78. The molecule has 8 heteroatoms. The summed E-state index contributed by atoms with van der Waals surface area (Å²) in [5.41, 5.74) is 2.43. The van der Waals surface area contributed by atoms with Gasteiger partial charge in [0.05, 0.1) is 29.1 Å². The molecule has 0 spiro atoms. The summed E-state index contributed by atoms with van der Waals surface area (Å²) in [4.78, 5) is 2.70. The van der Waals surface area contributed by atoms with E-state index in [0.29, 0.717) is 33.2 Å². The van der Waals surface area contributed by atoms with E-state index in [9.17, 15) is 15.6 Å².